The van der Waals surface area contributed by atoms with E-state index < -0.39 is 0 Å². The lowest BCUT2D eigenvalue weighted by atomic mass is 10.1. The molecule has 2 heterocycles. The average Bonchev–Trinajstić information content (AvgIpc) is 3.51. The molecule has 3 aromatic rings. The monoisotopic (exact) mass is 477 g/mol. The summed E-state index contributed by atoms with van der Waals surface area (Å²) in [5, 5.41) is 3.02. The molecule has 1 aliphatic heterocycles. The number of hydrogen-bond acceptors (Lipinski definition) is 4. The standard InChI is InChI=1S/C29H39N3O3/c1-22-12-10-13-23(2)28(22)35-20-9-8-19-32-25-15-6-5-14-24(25)31-27(32)17-4-3-7-18-30-29(33)26-16-11-21-34-26/h5-6,10,12-15,26H,3-4,7-9,11,16-21H2,1-2H3,(H,30,33). The first kappa shape index (κ1) is 25.2. The summed E-state index contributed by atoms with van der Waals surface area (Å²) in [5.41, 5.74) is 4.67. The number of nitrogens with one attached hydrogen (secondary N) is 1. The van der Waals surface area contributed by atoms with E-state index in [1.165, 1.54) is 16.6 Å². The summed E-state index contributed by atoms with van der Waals surface area (Å²) in [6, 6.07) is 14.7. The molecular weight excluding hydrogens is 438 g/mol. The van der Waals surface area contributed by atoms with Crippen molar-refractivity contribution in [1.82, 2.24) is 14.9 Å². The Morgan fingerprint density at radius 2 is 1.89 bits per heavy atom. The van der Waals surface area contributed by atoms with Crippen molar-refractivity contribution in [3.8, 4) is 5.75 Å². The largest absolute Gasteiger partial charge is 0.493 e. The maximum atomic E-state index is 12.0. The highest BCUT2D eigenvalue weighted by Crippen LogP contribution is 2.23. The molecule has 0 bridgehead atoms. The molecule has 0 saturated carbocycles. The van der Waals surface area contributed by atoms with Crippen molar-refractivity contribution in [1.29, 1.82) is 0 Å². The Labute approximate surface area is 209 Å². The molecule has 0 aliphatic carbocycles. The minimum Gasteiger partial charge on any atom is -0.493 e. The fourth-order valence-corrected chi connectivity index (χ4v) is 4.83. The molecule has 0 spiro atoms. The van der Waals surface area contributed by atoms with E-state index in [2.05, 4.69) is 66.2 Å². The van der Waals surface area contributed by atoms with Gasteiger partial charge in [0.2, 0.25) is 5.91 Å². The summed E-state index contributed by atoms with van der Waals surface area (Å²) in [6.07, 6.45) is 7.71. The average molecular weight is 478 g/mol. The molecule has 1 saturated heterocycles. The number of aromatic nitrogens is 2. The minimum atomic E-state index is -0.235. The predicted octanol–water partition coefficient (Wildman–Crippen LogP) is 5.52. The van der Waals surface area contributed by atoms with Crippen LogP contribution in [0.2, 0.25) is 0 Å². The Kier molecular flexibility index (Phi) is 9.18. The SMILES string of the molecule is Cc1cccc(C)c1OCCCCn1c(CCCCCNC(=O)C2CCCO2)nc2ccccc21. The fourth-order valence-electron chi connectivity index (χ4n) is 4.83. The number of unbranched alkanes of at least 4 members (excludes halogenated alkanes) is 3. The smallest absolute Gasteiger partial charge is 0.249 e. The summed E-state index contributed by atoms with van der Waals surface area (Å²) in [7, 11) is 0. The van der Waals surface area contributed by atoms with Crippen molar-refractivity contribution in [2.24, 2.45) is 0 Å². The second kappa shape index (κ2) is 12.7. The predicted molar refractivity (Wildman–Crippen MR) is 140 cm³/mol. The minimum absolute atomic E-state index is 0.0471. The first-order chi connectivity index (χ1) is 17.1. The van der Waals surface area contributed by atoms with Crippen LogP contribution in [0.4, 0.5) is 0 Å². The summed E-state index contributed by atoms with van der Waals surface area (Å²) in [4.78, 5) is 17.0. The molecule has 1 N–H and O–H groups in total. The third kappa shape index (κ3) is 6.85. The van der Waals surface area contributed by atoms with Crippen LogP contribution in [0.5, 0.6) is 5.75 Å². The highest BCUT2D eigenvalue weighted by atomic mass is 16.5. The third-order valence-electron chi connectivity index (χ3n) is 6.76. The van der Waals surface area contributed by atoms with E-state index in [-0.39, 0.29) is 12.0 Å². The number of nitrogens with zero attached hydrogens (tertiary/aromatic N) is 2. The number of rotatable bonds is 13. The van der Waals surface area contributed by atoms with E-state index in [1.807, 2.05) is 0 Å². The zero-order valence-corrected chi connectivity index (χ0v) is 21.2. The molecule has 0 radical (unpaired) electrons. The van der Waals surface area contributed by atoms with Gasteiger partial charge < -0.3 is 19.4 Å². The number of amides is 1. The Hall–Kier alpha value is -2.86. The molecular formula is C29H39N3O3. The van der Waals surface area contributed by atoms with Crippen LogP contribution in [-0.2, 0) is 22.5 Å². The van der Waals surface area contributed by atoms with Gasteiger partial charge in [-0.3, -0.25) is 4.79 Å². The van der Waals surface area contributed by atoms with Gasteiger partial charge in [-0.1, -0.05) is 36.8 Å². The molecule has 1 aromatic heterocycles. The van der Waals surface area contributed by atoms with Crippen LogP contribution >= 0.6 is 0 Å². The van der Waals surface area contributed by atoms with Gasteiger partial charge in [-0.25, -0.2) is 4.98 Å². The lowest BCUT2D eigenvalue weighted by Crippen LogP contribution is -2.34. The molecule has 4 rings (SSSR count). The number of hydrogen-bond donors (Lipinski definition) is 1. The number of aryl methyl sites for hydroxylation is 4. The number of para-hydroxylation sites is 3. The van der Waals surface area contributed by atoms with Crippen LogP contribution in [-0.4, -0.2) is 41.3 Å². The second-order valence-electron chi connectivity index (χ2n) is 9.55. The molecule has 1 atom stereocenters. The number of carbonyl (C=O) groups is 1. The van der Waals surface area contributed by atoms with Crippen molar-refractivity contribution in [3.63, 3.8) is 0 Å². The van der Waals surface area contributed by atoms with Gasteiger partial charge in [-0.2, -0.15) is 0 Å². The number of fused-ring (bicyclic) bond motifs is 1. The van der Waals surface area contributed by atoms with Gasteiger partial charge in [0.25, 0.3) is 0 Å². The topological polar surface area (TPSA) is 65.4 Å². The van der Waals surface area contributed by atoms with E-state index >= 15 is 0 Å². The van der Waals surface area contributed by atoms with Crippen LogP contribution in [0.15, 0.2) is 42.5 Å². The maximum Gasteiger partial charge on any atom is 0.249 e. The van der Waals surface area contributed by atoms with Crippen molar-refractivity contribution < 1.29 is 14.3 Å². The molecule has 6 nitrogen and oxygen atoms in total. The summed E-state index contributed by atoms with van der Waals surface area (Å²) >= 11 is 0. The van der Waals surface area contributed by atoms with Crippen LogP contribution < -0.4 is 10.1 Å². The molecule has 6 heteroatoms. The third-order valence-corrected chi connectivity index (χ3v) is 6.76. The fraction of sp³-hybridized carbons (Fsp3) is 0.517. The molecule has 188 valence electrons. The molecule has 1 amide bonds. The zero-order valence-electron chi connectivity index (χ0n) is 21.2. The van der Waals surface area contributed by atoms with Gasteiger partial charge in [-0.15, -0.1) is 0 Å². The Bertz CT molecular complexity index is 1080. The normalized spacial score (nSPS) is 15.5. The number of carbonyl (C=O) groups excluding carboxylic acids is 1. The van der Waals surface area contributed by atoms with Gasteiger partial charge >= 0.3 is 0 Å². The Balaban J connectivity index is 1.22. The van der Waals surface area contributed by atoms with Crippen molar-refractivity contribution in [3.05, 3.63) is 59.4 Å². The van der Waals surface area contributed by atoms with E-state index in [4.69, 9.17) is 14.5 Å². The molecule has 1 fully saturated rings. The van der Waals surface area contributed by atoms with Crippen molar-refractivity contribution >= 4 is 16.9 Å². The van der Waals surface area contributed by atoms with Gasteiger partial charge in [0.05, 0.1) is 17.6 Å². The van der Waals surface area contributed by atoms with Gasteiger partial charge in [0, 0.05) is 26.1 Å². The summed E-state index contributed by atoms with van der Waals surface area (Å²) in [6.45, 7) is 7.30. The van der Waals surface area contributed by atoms with E-state index in [0.29, 0.717) is 6.61 Å². The molecule has 1 unspecified atom stereocenters. The number of ether oxygens (including phenoxy) is 2. The van der Waals surface area contributed by atoms with E-state index in [0.717, 1.165) is 88.2 Å². The lowest BCUT2D eigenvalue weighted by molar-refractivity contribution is -0.130. The quantitative estimate of drug-likeness (QED) is 0.329. The Morgan fingerprint density at radius 1 is 1.06 bits per heavy atom. The second-order valence-corrected chi connectivity index (χ2v) is 9.55. The lowest BCUT2D eigenvalue weighted by Gasteiger charge is -2.13. The number of benzene rings is 2. The van der Waals surface area contributed by atoms with Gasteiger partial charge in [-0.05, 0) is 75.6 Å². The highest BCUT2D eigenvalue weighted by Gasteiger charge is 2.22. The van der Waals surface area contributed by atoms with E-state index in [9.17, 15) is 4.79 Å². The summed E-state index contributed by atoms with van der Waals surface area (Å²) in [5.74, 6) is 2.23. The zero-order chi connectivity index (χ0) is 24.5. The molecule has 1 aliphatic rings. The van der Waals surface area contributed by atoms with Gasteiger partial charge in [0.15, 0.2) is 0 Å². The molecule has 2 aromatic carbocycles. The van der Waals surface area contributed by atoms with Crippen molar-refractivity contribution in [2.75, 3.05) is 19.8 Å². The van der Waals surface area contributed by atoms with E-state index in [1.54, 1.807) is 0 Å². The van der Waals surface area contributed by atoms with Crippen LogP contribution in [0, 0.1) is 13.8 Å². The summed E-state index contributed by atoms with van der Waals surface area (Å²) < 4.78 is 13.9. The first-order valence-electron chi connectivity index (χ1n) is 13.2. The number of imidazole rings is 1. The Morgan fingerprint density at radius 3 is 2.69 bits per heavy atom. The van der Waals surface area contributed by atoms with Crippen LogP contribution in [0.25, 0.3) is 11.0 Å². The van der Waals surface area contributed by atoms with Crippen molar-refractivity contribution in [2.45, 2.75) is 77.9 Å². The van der Waals surface area contributed by atoms with Crippen LogP contribution in [0.1, 0.15) is 61.9 Å². The highest BCUT2D eigenvalue weighted by molar-refractivity contribution is 5.80. The maximum absolute atomic E-state index is 12.0. The molecule has 35 heavy (non-hydrogen) atoms. The van der Waals surface area contributed by atoms with Gasteiger partial charge in [0.1, 0.15) is 17.7 Å². The first-order valence-corrected chi connectivity index (χ1v) is 13.2. The van der Waals surface area contributed by atoms with Crippen LogP contribution in [0.3, 0.4) is 0 Å².